The molecule has 2 atom stereocenters. The van der Waals surface area contributed by atoms with Crippen molar-refractivity contribution in [3.8, 4) is 5.75 Å². The molecule has 4 nitrogen and oxygen atoms in total. The van der Waals surface area contributed by atoms with E-state index < -0.39 is 0 Å². The van der Waals surface area contributed by atoms with E-state index in [0.29, 0.717) is 6.04 Å². The Morgan fingerprint density at radius 1 is 1.11 bits per heavy atom. The van der Waals surface area contributed by atoms with Crippen molar-refractivity contribution in [1.82, 2.24) is 5.32 Å². The maximum absolute atomic E-state index is 6.08. The molecule has 1 saturated heterocycles. The predicted octanol–water partition coefficient (Wildman–Crippen LogP) is 4.41. The number of halogens is 2. The molecule has 1 N–H and O–H groups in total. The van der Waals surface area contributed by atoms with Crippen molar-refractivity contribution < 1.29 is 9.47 Å². The maximum Gasteiger partial charge on any atom is 0.120 e. The van der Waals surface area contributed by atoms with Crippen molar-refractivity contribution in [3.05, 3.63) is 59.7 Å². The average Bonchev–Trinajstić information content (AvgIpc) is 2.72. The van der Waals surface area contributed by atoms with Gasteiger partial charge in [0.2, 0.25) is 0 Å². The van der Waals surface area contributed by atoms with Gasteiger partial charge in [-0.3, -0.25) is 0 Å². The highest BCUT2D eigenvalue weighted by Gasteiger charge is 2.24. The Morgan fingerprint density at radius 2 is 1.96 bits per heavy atom. The molecule has 0 bridgehead atoms. The molecule has 0 aliphatic carbocycles. The molecule has 2 unspecified atom stereocenters. The molecule has 0 spiro atoms. The van der Waals surface area contributed by atoms with Crippen LogP contribution in [0.3, 0.4) is 0 Å². The molecule has 2 heterocycles. The molecular weight excluding hydrogens is 395 g/mol. The first-order valence-corrected chi connectivity index (χ1v) is 9.65. The van der Waals surface area contributed by atoms with Crippen LogP contribution in [0.25, 0.3) is 0 Å². The van der Waals surface area contributed by atoms with E-state index in [2.05, 4.69) is 52.7 Å². The molecule has 2 aliphatic rings. The fourth-order valence-corrected chi connectivity index (χ4v) is 4.13. The largest absolute Gasteiger partial charge is 0.497 e. The number of ether oxygens (including phenoxy) is 2. The van der Waals surface area contributed by atoms with Gasteiger partial charge in [0, 0.05) is 37.4 Å². The lowest BCUT2D eigenvalue weighted by Crippen LogP contribution is -2.50. The highest BCUT2D eigenvalue weighted by molar-refractivity contribution is 5.85. The third-order valence-electron chi connectivity index (χ3n) is 5.54. The van der Waals surface area contributed by atoms with Crippen LogP contribution >= 0.6 is 24.8 Å². The summed E-state index contributed by atoms with van der Waals surface area (Å²) in [6.07, 6.45) is 3.48. The summed E-state index contributed by atoms with van der Waals surface area (Å²) in [5.41, 5.74) is 4.09. The zero-order valence-corrected chi connectivity index (χ0v) is 17.9. The van der Waals surface area contributed by atoms with Gasteiger partial charge in [-0.15, -0.1) is 24.8 Å². The number of hydrogen-bond donors (Lipinski definition) is 1. The fraction of sp³-hybridized carbons (Fsp3) is 0.455. The van der Waals surface area contributed by atoms with Crippen LogP contribution in [0.5, 0.6) is 5.75 Å². The van der Waals surface area contributed by atoms with E-state index >= 15 is 0 Å². The summed E-state index contributed by atoms with van der Waals surface area (Å²) in [7, 11) is 1.72. The van der Waals surface area contributed by atoms with Crippen LogP contribution in [0.2, 0.25) is 0 Å². The van der Waals surface area contributed by atoms with Crippen LogP contribution < -0.4 is 15.0 Å². The van der Waals surface area contributed by atoms with Gasteiger partial charge >= 0.3 is 0 Å². The van der Waals surface area contributed by atoms with Gasteiger partial charge in [-0.2, -0.15) is 0 Å². The van der Waals surface area contributed by atoms with Gasteiger partial charge in [-0.05, 0) is 42.5 Å². The van der Waals surface area contributed by atoms with Gasteiger partial charge in [0.1, 0.15) is 5.75 Å². The van der Waals surface area contributed by atoms with E-state index in [1.54, 1.807) is 7.11 Å². The lowest BCUT2D eigenvalue weighted by Gasteiger charge is -2.36. The van der Waals surface area contributed by atoms with Crippen molar-refractivity contribution >= 4 is 30.5 Å². The highest BCUT2D eigenvalue weighted by atomic mass is 35.5. The zero-order chi connectivity index (χ0) is 17.8. The smallest absolute Gasteiger partial charge is 0.120 e. The summed E-state index contributed by atoms with van der Waals surface area (Å²) in [6, 6.07) is 17.6. The van der Waals surface area contributed by atoms with Crippen molar-refractivity contribution in [2.24, 2.45) is 0 Å². The molecule has 2 aromatic carbocycles. The number of hydrogen-bond acceptors (Lipinski definition) is 4. The normalized spacial score (nSPS) is 21.1. The van der Waals surface area contributed by atoms with Gasteiger partial charge < -0.3 is 19.7 Å². The lowest BCUT2D eigenvalue weighted by atomic mass is 9.93. The molecule has 28 heavy (non-hydrogen) atoms. The molecule has 0 radical (unpaired) electrons. The van der Waals surface area contributed by atoms with Crippen molar-refractivity contribution in [1.29, 1.82) is 0 Å². The second-order valence-electron chi connectivity index (χ2n) is 7.18. The second-order valence-corrected chi connectivity index (χ2v) is 7.18. The number of nitrogens with zero attached hydrogens (tertiary/aromatic N) is 1. The number of fused-ring (bicyclic) bond motifs is 1. The summed E-state index contributed by atoms with van der Waals surface area (Å²) < 4.78 is 11.5. The maximum atomic E-state index is 6.08. The third kappa shape index (κ3) is 5.32. The molecule has 0 amide bonds. The number of methoxy groups -OCH3 is 1. The molecule has 0 aromatic heterocycles. The average molecular weight is 425 g/mol. The molecule has 1 fully saturated rings. The minimum Gasteiger partial charge on any atom is -0.497 e. The minimum absolute atomic E-state index is 0. The SMILES string of the molecule is COc1cccc(N2CCNC(CCC3OCCc4ccccc43)C2)c1.Cl.Cl. The van der Waals surface area contributed by atoms with E-state index in [1.807, 2.05) is 6.07 Å². The van der Waals surface area contributed by atoms with Crippen LogP contribution in [-0.2, 0) is 11.2 Å². The van der Waals surface area contributed by atoms with E-state index in [4.69, 9.17) is 9.47 Å². The molecule has 2 aliphatic heterocycles. The standard InChI is InChI=1S/C22H28N2O2.2ClH/c1-25-20-7-4-6-19(15-20)24-13-12-23-18(16-24)9-10-22-21-8-3-2-5-17(21)11-14-26-22;;/h2-8,15,18,22-23H,9-14,16H2,1H3;2*1H. The number of anilines is 1. The third-order valence-corrected chi connectivity index (χ3v) is 5.54. The summed E-state index contributed by atoms with van der Waals surface area (Å²) in [5, 5.41) is 3.68. The van der Waals surface area contributed by atoms with Crippen molar-refractivity contribution in [3.63, 3.8) is 0 Å². The summed E-state index contributed by atoms with van der Waals surface area (Å²) in [4.78, 5) is 2.46. The molecule has 2 aromatic rings. The Hall–Kier alpha value is -1.46. The first kappa shape index (κ1) is 22.8. The number of piperazine rings is 1. The van der Waals surface area contributed by atoms with Gasteiger partial charge in [0.15, 0.2) is 0 Å². The van der Waals surface area contributed by atoms with Crippen LogP contribution in [-0.4, -0.2) is 39.4 Å². The van der Waals surface area contributed by atoms with E-state index in [-0.39, 0.29) is 30.9 Å². The molecule has 154 valence electrons. The van der Waals surface area contributed by atoms with Gasteiger partial charge in [-0.1, -0.05) is 30.3 Å². The predicted molar refractivity (Wildman–Crippen MR) is 120 cm³/mol. The van der Waals surface area contributed by atoms with Crippen LogP contribution in [0.4, 0.5) is 5.69 Å². The monoisotopic (exact) mass is 424 g/mol. The highest BCUT2D eigenvalue weighted by Crippen LogP contribution is 2.31. The van der Waals surface area contributed by atoms with Gasteiger partial charge in [0.25, 0.3) is 0 Å². The Balaban J connectivity index is 0.00000140. The Morgan fingerprint density at radius 3 is 2.82 bits per heavy atom. The topological polar surface area (TPSA) is 33.7 Å². The van der Waals surface area contributed by atoms with Crippen molar-refractivity contribution in [2.75, 3.05) is 38.3 Å². The van der Waals surface area contributed by atoms with E-state index in [1.165, 1.54) is 16.8 Å². The number of benzene rings is 2. The first-order chi connectivity index (χ1) is 12.8. The number of nitrogens with one attached hydrogen (secondary N) is 1. The first-order valence-electron chi connectivity index (χ1n) is 9.65. The number of rotatable bonds is 5. The quantitative estimate of drug-likeness (QED) is 0.770. The van der Waals surface area contributed by atoms with Crippen molar-refractivity contribution in [2.45, 2.75) is 31.4 Å². The van der Waals surface area contributed by atoms with E-state index in [0.717, 1.165) is 51.3 Å². The lowest BCUT2D eigenvalue weighted by molar-refractivity contribution is 0.0333. The Labute approximate surface area is 180 Å². The van der Waals surface area contributed by atoms with Crippen LogP contribution in [0.1, 0.15) is 30.1 Å². The van der Waals surface area contributed by atoms with Crippen LogP contribution in [0.15, 0.2) is 48.5 Å². The Bertz CT molecular complexity index is 744. The van der Waals surface area contributed by atoms with Gasteiger partial charge in [0.05, 0.1) is 19.8 Å². The van der Waals surface area contributed by atoms with E-state index in [9.17, 15) is 0 Å². The summed E-state index contributed by atoms with van der Waals surface area (Å²) in [5.74, 6) is 0.921. The molecule has 0 saturated carbocycles. The Kier molecular flexibility index (Phi) is 8.90. The zero-order valence-electron chi connectivity index (χ0n) is 16.3. The molecular formula is C22H30Cl2N2O2. The van der Waals surface area contributed by atoms with Gasteiger partial charge in [-0.25, -0.2) is 0 Å². The summed E-state index contributed by atoms with van der Waals surface area (Å²) in [6.45, 7) is 3.92. The molecule has 6 heteroatoms. The fourth-order valence-electron chi connectivity index (χ4n) is 4.13. The summed E-state index contributed by atoms with van der Waals surface area (Å²) >= 11 is 0. The van der Waals surface area contributed by atoms with Crippen LogP contribution in [0, 0.1) is 0 Å². The second kappa shape index (κ2) is 10.9. The minimum atomic E-state index is 0. The molecule has 4 rings (SSSR count).